The second kappa shape index (κ2) is 16.9. The first-order valence-corrected chi connectivity index (χ1v) is 16.7. The zero-order chi connectivity index (χ0) is 37.2. The van der Waals surface area contributed by atoms with E-state index in [1.54, 1.807) is 38.5 Å². The van der Waals surface area contributed by atoms with Crippen molar-refractivity contribution in [1.29, 1.82) is 0 Å². The second-order valence-electron chi connectivity index (χ2n) is 11.9. The molecule has 2 heterocycles. The molecule has 53 heavy (non-hydrogen) atoms. The predicted octanol–water partition coefficient (Wildman–Crippen LogP) is 4.27. The van der Waals surface area contributed by atoms with Gasteiger partial charge in [-0.2, -0.15) is 4.98 Å². The van der Waals surface area contributed by atoms with E-state index in [1.807, 2.05) is 84.9 Å². The molecule has 3 atom stereocenters. The Morgan fingerprint density at radius 1 is 0.887 bits per heavy atom. The minimum atomic E-state index is -1.21. The molecule has 0 aliphatic carbocycles. The number of hydrogen-bond donors (Lipinski definition) is 5. The van der Waals surface area contributed by atoms with E-state index in [0.29, 0.717) is 23.7 Å². The molecule has 1 fully saturated rings. The van der Waals surface area contributed by atoms with Crippen molar-refractivity contribution in [3.63, 3.8) is 0 Å². The van der Waals surface area contributed by atoms with E-state index in [0.717, 1.165) is 16.7 Å². The molecule has 2 amide bonds. The highest BCUT2D eigenvalue weighted by atomic mass is 16.6. The second-order valence-corrected chi connectivity index (χ2v) is 11.9. The number of hydrogen-bond acceptors (Lipinski definition) is 11. The summed E-state index contributed by atoms with van der Waals surface area (Å²) in [5.41, 5.74) is 0.236. The van der Waals surface area contributed by atoms with Gasteiger partial charge in [-0.15, -0.1) is 0 Å². The number of H-pyrrole nitrogens is 1. The molecule has 14 heteroatoms. The monoisotopic (exact) mass is 721 g/mol. The van der Waals surface area contributed by atoms with Crippen molar-refractivity contribution in [3.8, 4) is 17.2 Å². The van der Waals surface area contributed by atoms with Crippen LogP contribution in [0.4, 0.5) is 17.5 Å². The third-order valence-corrected chi connectivity index (χ3v) is 8.67. The topological polar surface area (TPSA) is 182 Å². The highest BCUT2D eigenvalue weighted by Crippen LogP contribution is 2.44. The molecular formula is C39H39N5O9. The van der Waals surface area contributed by atoms with Crippen LogP contribution < -0.4 is 35.7 Å². The average Bonchev–Trinajstić information content (AvgIpc) is 3.59. The summed E-state index contributed by atoms with van der Waals surface area (Å²) in [7, 11) is 3.19. The smallest absolute Gasteiger partial charge is 0.278 e. The number of aliphatic hydroxyl groups is 1. The fourth-order valence-corrected chi connectivity index (χ4v) is 6.17. The van der Waals surface area contributed by atoms with Gasteiger partial charge < -0.3 is 39.4 Å². The lowest BCUT2D eigenvalue weighted by Gasteiger charge is -2.39. The van der Waals surface area contributed by atoms with E-state index < -0.39 is 42.1 Å². The molecule has 1 aromatic heterocycles. The minimum Gasteiger partial charge on any atom is -0.497 e. The fourth-order valence-electron chi connectivity index (χ4n) is 6.17. The molecule has 1 unspecified atom stereocenters. The Labute approximate surface area is 305 Å². The minimum absolute atomic E-state index is 0.0814. The van der Waals surface area contributed by atoms with Gasteiger partial charge in [0.05, 0.1) is 26.9 Å². The van der Waals surface area contributed by atoms with Gasteiger partial charge in [-0.05, 0) is 53.1 Å². The molecule has 5 aromatic rings. The van der Waals surface area contributed by atoms with Crippen molar-refractivity contribution >= 4 is 29.8 Å². The molecule has 0 spiro atoms. The van der Waals surface area contributed by atoms with Gasteiger partial charge in [-0.25, -0.2) is 0 Å². The molecule has 14 nitrogen and oxygen atoms in total. The average molecular weight is 722 g/mol. The Hall–Kier alpha value is -6.22. The maximum Gasteiger partial charge on any atom is 0.278 e. The first kappa shape index (κ1) is 36.6. The van der Waals surface area contributed by atoms with Crippen molar-refractivity contribution in [2.24, 2.45) is 0 Å². The summed E-state index contributed by atoms with van der Waals surface area (Å²) in [4.78, 5) is 44.0. The molecule has 1 aliphatic heterocycles. The molecule has 0 bridgehead atoms. The normalized spacial score (nSPS) is 16.7. The molecule has 274 valence electrons. The molecule has 0 radical (unpaired) electrons. The third kappa shape index (κ3) is 8.31. The highest BCUT2D eigenvalue weighted by Gasteiger charge is 2.46. The van der Waals surface area contributed by atoms with Crippen LogP contribution in [0.5, 0.6) is 17.2 Å². The Morgan fingerprint density at radius 2 is 1.47 bits per heavy atom. The number of methoxy groups -OCH3 is 2. The number of benzene rings is 4. The largest absolute Gasteiger partial charge is 0.497 e. The number of carbonyl (C=O) groups is 2. The quantitative estimate of drug-likeness (QED) is 0.0725. The molecule has 1 aliphatic rings. The van der Waals surface area contributed by atoms with Gasteiger partial charge in [0, 0.05) is 6.42 Å². The van der Waals surface area contributed by atoms with E-state index in [4.69, 9.17) is 23.7 Å². The van der Waals surface area contributed by atoms with Gasteiger partial charge in [0.15, 0.2) is 12.4 Å². The number of amides is 2. The lowest BCUT2D eigenvalue weighted by molar-refractivity contribution is -0.118. The van der Waals surface area contributed by atoms with Gasteiger partial charge in [0.25, 0.3) is 11.5 Å². The number of anilines is 3. The molecule has 5 N–H and O–H groups in total. The number of ether oxygens (including phenoxy) is 5. The lowest BCUT2D eigenvalue weighted by atomic mass is 9.79. The van der Waals surface area contributed by atoms with Crippen LogP contribution in [0.25, 0.3) is 0 Å². The van der Waals surface area contributed by atoms with Crippen LogP contribution in [0.3, 0.4) is 0 Å². The number of carbonyl (C=O) groups excluding carboxylic acids is 2. The van der Waals surface area contributed by atoms with Gasteiger partial charge in [0.1, 0.15) is 40.9 Å². The molecule has 4 aromatic carbocycles. The van der Waals surface area contributed by atoms with Crippen LogP contribution >= 0.6 is 0 Å². The molecule has 1 saturated heterocycles. The number of aromatic amines is 1. The summed E-state index contributed by atoms with van der Waals surface area (Å²) in [6, 6.07) is 33.5. The van der Waals surface area contributed by atoms with Crippen LogP contribution in [0.2, 0.25) is 0 Å². The summed E-state index contributed by atoms with van der Waals surface area (Å²) in [5.74, 6) is 0.956. The van der Waals surface area contributed by atoms with Crippen molar-refractivity contribution in [1.82, 2.24) is 9.97 Å². The Balaban J connectivity index is 1.31. The van der Waals surface area contributed by atoms with Gasteiger partial charge in [0.2, 0.25) is 12.4 Å². The number of nitrogens with zero attached hydrogens (tertiary/aromatic N) is 1. The van der Waals surface area contributed by atoms with Crippen molar-refractivity contribution in [3.05, 3.63) is 136 Å². The Morgan fingerprint density at radius 3 is 2.04 bits per heavy atom. The Bertz CT molecular complexity index is 1980. The predicted molar refractivity (Wildman–Crippen MR) is 196 cm³/mol. The van der Waals surface area contributed by atoms with Crippen molar-refractivity contribution in [2.45, 2.75) is 30.5 Å². The van der Waals surface area contributed by atoms with Gasteiger partial charge >= 0.3 is 0 Å². The third-order valence-electron chi connectivity index (χ3n) is 8.67. The molecule has 6 rings (SSSR count). The Kier molecular flexibility index (Phi) is 11.6. The maximum absolute atomic E-state index is 13.1. The molecule has 0 saturated carbocycles. The summed E-state index contributed by atoms with van der Waals surface area (Å²) in [6.45, 7) is -0.747. The van der Waals surface area contributed by atoms with Crippen LogP contribution in [0, 0.1) is 0 Å². The van der Waals surface area contributed by atoms with E-state index >= 15 is 0 Å². The number of aliphatic hydroxyl groups excluding tert-OH is 1. The highest BCUT2D eigenvalue weighted by molar-refractivity contribution is 5.90. The van der Waals surface area contributed by atoms with Crippen LogP contribution in [-0.2, 0) is 24.7 Å². The van der Waals surface area contributed by atoms with Crippen LogP contribution in [0.1, 0.15) is 23.1 Å². The number of aromatic nitrogens is 2. The summed E-state index contributed by atoms with van der Waals surface area (Å²) in [6.07, 6.45) is -1.90. The zero-order valence-electron chi connectivity index (χ0n) is 29.0. The number of nitrogens with one attached hydrogen (secondary N) is 4. The summed E-state index contributed by atoms with van der Waals surface area (Å²) >= 11 is 0. The lowest BCUT2D eigenvalue weighted by Crippen LogP contribution is -2.40. The van der Waals surface area contributed by atoms with E-state index in [2.05, 4.69) is 25.9 Å². The van der Waals surface area contributed by atoms with E-state index in [1.165, 1.54) is 0 Å². The van der Waals surface area contributed by atoms with Crippen LogP contribution in [0.15, 0.2) is 114 Å². The van der Waals surface area contributed by atoms with Crippen LogP contribution in [-0.4, -0.2) is 73.3 Å². The van der Waals surface area contributed by atoms with Gasteiger partial charge in [-0.3, -0.25) is 24.7 Å². The first-order chi connectivity index (χ1) is 25.9. The van der Waals surface area contributed by atoms with Crippen molar-refractivity contribution in [2.75, 3.05) is 43.4 Å². The molecular weight excluding hydrogens is 682 g/mol. The first-order valence-electron chi connectivity index (χ1n) is 16.7. The fraction of sp³-hybridized carbons (Fsp3) is 0.231. The standard InChI is InChI=1S/C39H39N5O9/c1-49-28-17-13-26(14-18-28)39(25-9-5-3-6-10-25,27-15-19-29(50-2)20-16-27)53-31-21-34(52-32(31)22-45)42-36-35(40-24-46)37(48)44-38(43-36)41-33(47)23-51-30-11-7-4-8-12-30/h3-20,24,31-32,34,45H,21-23H2,1-2H3,(H,40,46)(H3,41,42,43,44,47,48)/t31-,32+,34?/m0/s1. The van der Waals surface area contributed by atoms with Gasteiger partial charge in [-0.1, -0.05) is 72.8 Å². The summed E-state index contributed by atoms with van der Waals surface area (Å²) < 4.78 is 29.8. The zero-order valence-corrected chi connectivity index (χ0v) is 29.0. The number of rotatable bonds is 16. The van der Waals surface area contributed by atoms with E-state index in [-0.39, 0.29) is 30.5 Å². The van der Waals surface area contributed by atoms with E-state index in [9.17, 15) is 19.5 Å². The van der Waals surface area contributed by atoms with Crippen molar-refractivity contribution < 1.29 is 38.4 Å². The number of para-hydroxylation sites is 1. The maximum atomic E-state index is 13.1. The summed E-state index contributed by atoms with van der Waals surface area (Å²) in [5, 5.41) is 18.5. The SMILES string of the molecule is COc1ccc(C(O[C@H]2CC(Nc3nc(NC(=O)COc4ccccc4)[nH]c(=O)c3NC=O)O[C@@H]2CO)(c2ccccc2)c2ccc(OC)cc2)cc1.